The highest BCUT2D eigenvalue weighted by atomic mass is 32.2. The lowest BCUT2D eigenvalue weighted by Gasteiger charge is -2.08. The number of benzene rings is 1. The van der Waals surface area contributed by atoms with Crippen molar-refractivity contribution < 1.29 is 4.39 Å². The van der Waals surface area contributed by atoms with Crippen LogP contribution in [0.25, 0.3) is 33.8 Å². The molecule has 0 unspecified atom stereocenters. The number of hydrogen-bond donors (Lipinski definition) is 0. The molecule has 0 amide bonds. The van der Waals surface area contributed by atoms with Gasteiger partial charge in [0.15, 0.2) is 5.16 Å². The summed E-state index contributed by atoms with van der Waals surface area (Å²) in [6.07, 6.45) is 12.3. The largest absolute Gasteiger partial charge is 0.280 e. The Hall–Kier alpha value is -4.05. The number of aryl methyl sites for hydroxylation is 3. The molecule has 0 aliphatic heterocycles. The molecule has 0 atom stereocenters. The summed E-state index contributed by atoms with van der Waals surface area (Å²) in [6.45, 7) is 9.80. The molecule has 4 heterocycles. The van der Waals surface area contributed by atoms with Crippen LogP contribution in [-0.2, 0) is 14.1 Å². The standard InChI is InChI=1S/C24H21FN8S.C2H6/c1-5-16(17-9-27-31(3)12-17)14-33-15(2)29-30-24(33)34-19-6-7-22-20(8-19)23(25)21(11-26-22)18-10-28-32(4)13-18;1-2/h5-14H,1H2,2-4H3;1-2H3/b16-14+;. The van der Waals surface area contributed by atoms with E-state index in [1.54, 1.807) is 53.3 Å². The van der Waals surface area contributed by atoms with Gasteiger partial charge < -0.3 is 0 Å². The summed E-state index contributed by atoms with van der Waals surface area (Å²) in [4.78, 5) is 5.26. The van der Waals surface area contributed by atoms with Crippen LogP contribution < -0.4 is 0 Å². The summed E-state index contributed by atoms with van der Waals surface area (Å²) < 4.78 is 20.7. The highest BCUT2D eigenvalue weighted by molar-refractivity contribution is 7.99. The normalized spacial score (nSPS) is 11.4. The summed E-state index contributed by atoms with van der Waals surface area (Å²) >= 11 is 1.40. The highest BCUT2D eigenvalue weighted by Gasteiger charge is 2.15. The Balaban J connectivity index is 0.00000148. The Morgan fingerprint density at radius 3 is 2.44 bits per heavy atom. The predicted molar refractivity (Wildman–Crippen MR) is 142 cm³/mol. The van der Waals surface area contributed by atoms with E-state index in [1.807, 2.05) is 56.9 Å². The Morgan fingerprint density at radius 1 is 1.03 bits per heavy atom. The van der Waals surface area contributed by atoms with Crippen molar-refractivity contribution in [2.24, 2.45) is 14.1 Å². The number of rotatable bonds is 6. The van der Waals surface area contributed by atoms with Crippen molar-refractivity contribution in [2.45, 2.75) is 30.8 Å². The van der Waals surface area contributed by atoms with E-state index in [9.17, 15) is 0 Å². The van der Waals surface area contributed by atoms with E-state index < -0.39 is 0 Å². The van der Waals surface area contributed by atoms with Crippen molar-refractivity contribution in [1.29, 1.82) is 0 Å². The lowest BCUT2D eigenvalue weighted by Crippen LogP contribution is -1.95. The van der Waals surface area contributed by atoms with Gasteiger partial charge in [-0.05, 0) is 36.9 Å². The van der Waals surface area contributed by atoms with Crippen LogP contribution in [0, 0.1) is 12.7 Å². The van der Waals surface area contributed by atoms with E-state index in [2.05, 4.69) is 32.0 Å². The topological polar surface area (TPSA) is 79.2 Å². The Bertz CT molecular complexity index is 1560. The summed E-state index contributed by atoms with van der Waals surface area (Å²) in [5.74, 6) is 0.391. The summed E-state index contributed by atoms with van der Waals surface area (Å²) in [5, 5.41) is 18.0. The van der Waals surface area contributed by atoms with E-state index in [1.165, 1.54) is 11.8 Å². The van der Waals surface area contributed by atoms with Gasteiger partial charge in [-0.3, -0.25) is 18.9 Å². The van der Waals surface area contributed by atoms with Crippen LogP contribution in [0.1, 0.15) is 25.2 Å². The second-order valence-electron chi connectivity index (χ2n) is 7.76. The molecule has 36 heavy (non-hydrogen) atoms. The average molecular weight is 503 g/mol. The average Bonchev–Trinajstić information content (AvgIpc) is 3.60. The fourth-order valence-electron chi connectivity index (χ4n) is 3.59. The molecule has 0 N–H and O–H groups in total. The molecule has 0 radical (unpaired) electrons. The highest BCUT2D eigenvalue weighted by Crippen LogP contribution is 2.33. The Morgan fingerprint density at radius 2 is 1.78 bits per heavy atom. The second-order valence-corrected chi connectivity index (χ2v) is 8.80. The molecule has 0 aliphatic carbocycles. The fraction of sp³-hybridized carbons (Fsp3) is 0.192. The molecule has 184 valence electrons. The third kappa shape index (κ3) is 4.99. The summed E-state index contributed by atoms with van der Waals surface area (Å²) in [7, 11) is 3.66. The van der Waals surface area contributed by atoms with Crippen LogP contribution in [0.2, 0.25) is 0 Å². The van der Waals surface area contributed by atoms with E-state index >= 15 is 4.39 Å². The minimum Gasteiger partial charge on any atom is -0.280 e. The number of hydrogen-bond acceptors (Lipinski definition) is 6. The van der Waals surface area contributed by atoms with E-state index in [0.717, 1.165) is 21.9 Å². The van der Waals surface area contributed by atoms with Crippen LogP contribution in [-0.4, -0.2) is 39.3 Å². The zero-order valence-electron chi connectivity index (χ0n) is 20.8. The van der Waals surface area contributed by atoms with Gasteiger partial charge >= 0.3 is 0 Å². The maximum Gasteiger partial charge on any atom is 0.200 e. The van der Waals surface area contributed by atoms with Crippen molar-refractivity contribution in [3.05, 3.63) is 79.0 Å². The minimum absolute atomic E-state index is 0.330. The maximum absolute atomic E-state index is 15.4. The zero-order valence-corrected chi connectivity index (χ0v) is 21.7. The first-order valence-corrected chi connectivity index (χ1v) is 12.2. The molecule has 0 saturated heterocycles. The Kier molecular flexibility index (Phi) is 7.44. The monoisotopic (exact) mass is 502 g/mol. The van der Waals surface area contributed by atoms with Gasteiger partial charge in [0.1, 0.15) is 11.6 Å². The molecule has 5 rings (SSSR count). The first-order chi connectivity index (χ1) is 17.4. The van der Waals surface area contributed by atoms with Gasteiger partial charge in [-0.15, -0.1) is 10.2 Å². The van der Waals surface area contributed by atoms with Crippen LogP contribution >= 0.6 is 11.8 Å². The van der Waals surface area contributed by atoms with Gasteiger partial charge in [-0.2, -0.15) is 10.2 Å². The van der Waals surface area contributed by atoms with Crippen molar-refractivity contribution in [2.75, 3.05) is 0 Å². The SMILES string of the molecule is C=C/C(=C\n1c(C)nnc1Sc1ccc2ncc(-c3cnn(C)c3)c(F)c2c1)c1cnn(C)c1.CC. The van der Waals surface area contributed by atoms with Gasteiger partial charge in [0.05, 0.1) is 17.9 Å². The molecule has 8 nitrogen and oxygen atoms in total. The molecule has 5 aromatic rings. The smallest absolute Gasteiger partial charge is 0.200 e. The van der Waals surface area contributed by atoms with Crippen molar-refractivity contribution >= 4 is 34.4 Å². The molecule has 4 aromatic heterocycles. The minimum atomic E-state index is -0.330. The van der Waals surface area contributed by atoms with E-state index in [0.29, 0.717) is 27.2 Å². The number of allylic oxidation sites excluding steroid dienone is 2. The van der Waals surface area contributed by atoms with Crippen molar-refractivity contribution in [1.82, 2.24) is 39.3 Å². The van der Waals surface area contributed by atoms with Gasteiger partial charge in [0, 0.05) is 71.4 Å². The zero-order chi connectivity index (χ0) is 25.8. The quantitative estimate of drug-likeness (QED) is 0.274. The van der Waals surface area contributed by atoms with Crippen molar-refractivity contribution in [3.63, 3.8) is 0 Å². The van der Waals surface area contributed by atoms with E-state index in [4.69, 9.17) is 0 Å². The predicted octanol–water partition coefficient (Wildman–Crippen LogP) is 5.77. The lowest BCUT2D eigenvalue weighted by atomic mass is 10.1. The van der Waals surface area contributed by atoms with Crippen LogP contribution in [0.15, 0.2) is 71.9 Å². The molecular weight excluding hydrogens is 475 g/mol. The van der Waals surface area contributed by atoms with Crippen LogP contribution in [0.4, 0.5) is 4.39 Å². The lowest BCUT2D eigenvalue weighted by molar-refractivity contribution is 0.641. The number of nitrogens with zero attached hydrogens (tertiary/aromatic N) is 8. The first-order valence-electron chi connectivity index (χ1n) is 11.4. The second kappa shape index (κ2) is 10.7. The number of aromatic nitrogens is 8. The molecule has 0 bridgehead atoms. The Labute approximate surface area is 213 Å². The van der Waals surface area contributed by atoms with Gasteiger partial charge in [0.25, 0.3) is 0 Å². The number of fused-ring (bicyclic) bond motifs is 1. The molecule has 0 aliphatic rings. The summed E-state index contributed by atoms with van der Waals surface area (Å²) in [5.41, 5.74) is 3.49. The number of pyridine rings is 1. The summed E-state index contributed by atoms with van der Waals surface area (Å²) in [6, 6.07) is 5.49. The van der Waals surface area contributed by atoms with Gasteiger partial charge in [-0.1, -0.05) is 26.5 Å². The van der Waals surface area contributed by atoms with E-state index in [-0.39, 0.29) is 5.82 Å². The third-order valence-corrected chi connectivity index (χ3v) is 6.31. The first kappa shape index (κ1) is 25.1. The third-order valence-electron chi connectivity index (χ3n) is 5.36. The molecular formula is C26H27FN8S. The molecule has 0 fully saturated rings. The fourth-order valence-corrected chi connectivity index (χ4v) is 4.48. The van der Waals surface area contributed by atoms with Gasteiger partial charge in [0.2, 0.25) is 0 Å². The molecule has 0 saturated carbocycles. The maximum atomic E-state index is 15.4. The van der Waals surface area contributed by atoms with Gasteiger partial charge in [-0.25, -0.2) is 4.39 Å². The molecule has 10 heteroatoms. The van der Waals surface area contributed by atoms with Crippen LogP contribution in [0.3, 0.4) is 0 Å². The van der Waals surface area contributed by atoms with Crippen LogP contribution in [0.5, 0.6) is 0 Å². The number of halogens is 1. The molecule has 0 spiro atoms. The van der Waals surface area contributed by atoms with Crippen molar-refractivity contribution in [3.8, 4) is 11.1 Å². The molecule has 1 aromatic carbocycles.